The van der Waals surface area contributed by atoms with Crippen LogP contribution in [0.1, 0.15) is 5.69 Å². The van der Waals surface area contributed by atoms with E-state index in [0.29, 0.717) is 0 Å². The summed E-state index contributed by atoms with van der Waals surface area (Å²) in [5, 5.41) is 8.40. The van der Waals surface area contributed by atoms with Crippen LogP contribution in [0.5, 0.6) is 5.75 Å². The highest BCUT2D eigenvalue weighted by Crippen LogP contribution is 2.24. The Bertz CT molecular complexity index is 739. The third-order valence-corrected chi connectivity index (χ3v) is 2.57. The van der Waals surface area contributed by atoms with Crippen LogP contribution < -0.4 is 15.6 Å². The standard InChI is InChI=1S/C12H9F3N2O4/c13-12(14,15)21-7-1-2-9-8(5-7)10(18)3-6(16-9)4-11(19)17-20/h1-3,5,20H,4H2,(H,16,18)(H,17,19). The normalized spacial score (nSPS) is 11.4. The Morgan fingerprint density at radius 2 is 2.05 bits per heavy atom. The van der Waals surface area contributed by atoms with E-state index in [0.717, 1.165) is 18.2 Å². The number of carbonyl (C=O) groups is 1. The molecule has 0 fully saturated rings. The molecule has 0 unspecified atom stereocenters. The lowest BCUT2D eigenvalue weighted by Gasteiger charge is -2.09. The summed E-state index contributed by atoms with van der Waals surface area (Å²) in [5.41, 5.74) is 1.30. The van der Waals surface area contributed by atoms with Crippen molar-refractivity contribution in [2.24, 2.45) is 0 Å². The maximum Gasteiger partial charge on any atom is 0.573 e. The number of aromatic amines is 1. The molecule has 9 heteroatoms. The summed E-state index contributed by atoms with van der Waals surface area (Å²) in [7, 11) is 0. The Kier molecular flexibility index (Phi) is 3.85. The Balaban J connectivity index is 2.41. The van der Waals surface area contributed by atoms with Crippen LogP contribution in [0, 0.1) is 0 Å². The molecule has 1 heterocycles. The zero-order valence-electron chi connectivity index (χ0n) is 10.3. The number of ether oxygens (including phenoxy) is 1. The van der Waals surface area contributed by atoms with Crippen LogP contribution in [-0.4, -0.2) is 22.5 Å². The van der Waals surface area contributed by atoms with Crippen molar-refractivity contribution >= 4 is 16.8 Å². The fraction of sp³-hybridized carbons (Fsp3) is 0.167. The lowest BCUT2D eigenvalue weighted by molar-refractivity contribution is -0.274. The predicted octanol–water partition coefficient (Wildman–Crippen LogP) is 1.47. The second-order valence-electron chi connectivity index (χ2n) is 4.13. The number of hydrogen-bond donors (Lipinski definition) is 3. The number of fused-ring (bicyclic) bond motifs is 1. The molecule has 0 atom stereocenters. The van der Waals surface area contributed by atoms with Crippen LogP contribution in [-0.2, 0) is 11.2 Å². The van der Waals surface area contributed by atoms with Crippen molar-refractivity contribution in [3.8, 4) is 5.75 Å². The van der Waals surface area contributed by atoms with E-state index in [1.54, 1.807) is 0 Å². The van der Waals surface area contributed by atoms with E-state index in [4.69, 9.17) is 5.21 Å². The van der Waals surface area contributed by atoms with Gasteiger partial charge in [0.2, 0.25) is 5.91 Å². The van der Waals surface area contributed by atoms with Gasteiger partial charge in [-0.1, -0.05) is 0 Å². The Morgan fingerprint density at radius 3 is 2.67 bits per heavy atom. The fourth-order valence-electron chi connectivity index (χ4n) is 1.79. The van der Waals surface area contributed by atoms with Crippen molar-refractivity contribution in [3.05, 3.63) is 40.2 Å². The van der Waals surface area contributed by atoms with Gasteiger partial charge in [-0.25, -0.2) is 5.48 Å². The highest BCUT2D eigenvalue weighted by Gasteiger charge is 2.31. The molecule has 1 aromatic heterocycles. The summed E-state index contributed by atoms with van der Waals surface area (Å²) in [6.45, 7) is 0. The maximum atomic E-state index is 12.1. The molecule has 2 rings (SSSR count). The number of alkyl halides is 3. The summed E-state index contributed by atoms with van der Waals surface area (Å²) < 4.78 is 40.1. The molecule has 0 bridgehead atoms. The van der Waals surface area contributed by atoms with E-state index in [1.807, 2.05) is 0 Å². The molecule has 3 N–H and O–H groups in total. The molecule has 2 aromatic rings. The zero-order chi connectivity index (χ0) is 15.6. The van der Waals surface area contributed by atoms with Crippen LogP contribution in [0.25, 0.3) is 10.9 Å². The van der Waals surface area contributed by atoms with Gasteiger partial charge in [-0.3, -0.25) is 14.8 Å². The molecule has 1 aromatic carbocycles. The van der Waals surface area contributed by atoms with Crippen molar-refractivity contribution in [3.63, 3.8) is 0 Å². The molecular formula is C12H9F3N2O4. The first-order valence-corrected chi connectivity index (χ1v) is 5.63. The lowest BCUT2D eigenvalue weighted by Crippen LogP contribution is -2.22. The number of aromatic nitrogens is 1. The van der Waals surface area contributed by atoms with E-state index >= 15 is 0 Å². The molecule has 0 spiro atoms. The first-order valence-electron chi connectivity index (χ1n) is 5.63. The Hall–Kier alpha value is -2.55. The van der Waals surface area contributed by atoms with Gasteiger partial charge in [0.15, 0.2) is 5.43 Å². The quantitative estimate of drug-likeness (QED) is 0.591. The maximum absolute atomic E-state index is 12.1. The van der Waals surface area contributed by atoms with Gasteiger partial charge in [0.1, 0.15) is 5.75 Å². The van der Waals surface area contributed by atoms with E-state index in [2.05, 4.69) is 9.72 Å². The van der Waals surface area contributed by atoms with Crippen LogP contribution in [0.4, 0.5) is 13.2 Å². The van der Waals surface area contributed by atoms with E-state index in [1.165, 1.54) is 11.5 Å². The number of pyridine rings is 1. The number of rotatable bonds is 3. The zero-order valence-corrected chi connectivity index (χ0v) is 10.3. The summed E-state index contributed by atoms with van der Waals surface area (Å²) in [6, 6.07) is 4.30. The van der Waals surface area contributed by atoms with Gasteiger partial charge in [0.25, 0.3) is 0 Å². The Morgan fingerprint density at radius 1 is 1.33 bits per heavy atom. The molecule has 6 nitrogen and oxygen atoms in total. The van der Waals surface area contributed by atoms with Gasteiger partial charge in [-0.05, 0) is 18.2 Å². The average molecular weight is 302 g/mol. The molecule has 21 heavy (non-hydrogen) atoms. The second kappa shape index (κ2) is 5.44. The number of nitrogens with one attached hydrogen (secondary N) is 2. The predicted molar refractivity (Wildman–Crippen MR) is 64.9 cm³/mol. The minimum atomic E-state index is -4.85. The van der Waals surface area contributed by atoms with Gasteiger partial charge >= 0.3 is 6.36 Å². The SMILES string of the molecule is O=C(Cc1cc(=O)c2cc(OC(F)(F)F)ccc2[nH]1)NO. The van der Waals surface area contributed by atoms with Crippen LogP contribution in [0.3, 0.4) is 0 Å². The number of benzene rings is 1. The van der Waals surface area contributed by atoms with Crippen LogP contribution in [0.2, 0.25) is 0 Å². The van der Waals surface area contributed by atoms with Crippen molar-refractivity contribution in [1.29, 1.82) is 0 Å². The summed E-state index contributed by atoms with van der Waals surface area (Å²) in [4.78, 5) is 25.6. The summed E-state index contributed by atoms with van der Waals surface area (Å²) in [5.74, 6) is -1.25. The highest BCUT2D eigenvalue weighted by molar-refractivity contribution is 5.82. The first-order chi connectivity index (χ1) is 9.78. The van der Waals surface area contributed by atoms with E-state index in [-0.39, 0.29) is 23.0 Å². The number of halogens is 3. The topological polar surface area (TPSA) is 91.4 Å². The number of H-pyrrole nitrogens is 1. The minimum absolute atomic E-state index is 0.00935. The molecule has 0 saturated heterocycles. The first kappa shape index (κ1) is 14.9. The highest BCUT2D eigenvalue weighted by atomic mass is 19.4. The van der Waals surface area contributed by atoms with Crippen molar-refractivity contribution in [2.45, 2.75) is 12.8 Å². The molecule has 112 valence electrons. The third kappa shape index (κ3) is 3.72. The number of amides is 1. The lowest BCUT2D eigenvalue weighted by atomic mass is 10.1. The number of hydrogen-bond acceptors (Lipinski definition) is 4. The van der Waals surface area contributed by atoms with Gasteiger partial charge in [0, 0.05) is 22.7 Å². The monoisotopic (exact) mass is 302 g/mol. The average Bonchev–Trinajstić information content (AvgIpc) is 2.37. The summed E-state index contributed by atoms with van der Waals surface area (Å²) in [6.07, 6.45) is -5.12. The fourth-order valence-corrected chi connectivity index (χ4v) is 1.79. The van der Waals surface area contributed by atoms with Gasteiger partial charge in [-0.2, -0.15) is 0 Å². The minimum Gasteiger partial charge on any atom is -0.406 e. The smallest absolute Gasteiger partial charge is 0.406 e. The van der Waals surface area contributed by atoms with Crippen molar-refractivity contribution < 1.29 is 27.9 Å². The van der Waals surface area contributed by atoms with Crippen LogP contribution in [0.15, 0.2) is 29.1 Å². The third-order valence-electron chi connectivity index (χ3n) is 2.57. The largest absolute Gasteiger partial charge is 0.573 e. The molecule has 0 aliphatic heterocycles. The number of hydroxylamine groups is 1. The Labute approximate surface area is 115 Å². The van der Waals surface area contributed by atoms with Crippen molar-refractivity contribution in [1.82, 2.24) is 10.5 Å². The molecular weight excluding hydrogens is 293 g/mol. The molecule has 0 radical (unpaired) electrons. The van der Waals surface area contributed by atoms with Gasteiger partial charge in [-0.15, -0.1) is 13.2 Å². The molecule has 0 saturated carbocycles. The van der Waals surface area contributed by atoms with Gasteiger partial charge in [0.05, 0.1) is 6.42 Å². The van der Waals surface area contributed by atoms with Crippen molar-refractivity contribution in [2.75, 3.05) is 0 Å². The van der Waals surface area contributed by atoms with E-state index < -0.39 is 23.4 Å². The molecule has 0 aliphatic rings. The van der Waals surface area contributed by atoms with Gasteiger partial charge < -0.3 is 9.72 Å². The summed E-state index contributed by atoms with van der Waals surface area (Å²) >= 11 is 0. The molecule has 0 aliphatic carbocycles. The van der Waals surface area contributed by atoms with Crippen LogP contribution >= 0.6 is 0 Å². The number of carbonyl (C=O) groups excluding carboxylic acids is 1. The van der Waals surface area contributed by atoms with E-state index in [9.17, 15) is 22.8 Å². The molecule has 1 amide bonds. The second-order valence-corrected chi connectivity index (χ2v) is 4.13.